The Kier molecular flexibility index (Phi) is 13.3. The Labute approximate surface area is 220 Å². The number of carbonyl (C=O) groups excluding carboxylic acids is 3. The van der Waals surface area contributed by atoms with E-state index in [0.29, 0.717) is 18.4 Å². The summed E-state index contributed by atoms with van der Waals surface area (Å²) in [6, 6.07) is 3.23. The minimum Gasteiger partial charge on any atom is -0.480 e. The van der Waals surface area contributed by atoms with Gasteiger partial charge in [0.25, 0.3) is 0 Å². The standard InChI is InChI=1S/C28H43NO8/c1-8-11-16(4)27(33)36-21-14-13-20(15-22(21)37-28(34)17(5)12-9-2)24(25(29)26(31)32)18(6)19(7)35-23(30)10-3/h13-19,24-25H,8-12,29H2,1-7H3,(H,31,32)/t16?,17?,18?,19?,24?,25-/m0/s1. The monoisotopic (exact) mass is 521 g/mol. The Hall–Kier alpha value is -2.94. The SMILES string of the molecule is CCCC(C)C(=O)Oc1ccc(C(C(C)C(C)OC(=O)CC)[C@H](N)C(=O)O)cc1OC(=O)C(C)CCC. The van der Waals surface area contributed by atoms with Crippen LogP contribution in [-0.2, 0) is 23.9 Å². The van der Waals surface area contributed by atoms with Crippen molar-refractivity contribution >= 4 is 23.9 Å². The van der Waals surface area contributed by atoms with Gasteiger partial charge in [0.15, 0.2) is 11.5 Å². The van der Waals surface area contributed by atoms with Crippen molar-refractivity contribution in [2.75, 3.05) is 0 Å². The van der Waals surface area contributed by atoms with Gasteiger partial charge in [-0.1, -0.05) is 60.5 Å². The first-order valence-electron chi connectivity index (χ1n) is 13.1. The van der Waals surface area contributed by atoms with E-state index in [1.54, 1.807) is 40.7 Å². The van der Waals surface area contributed by atoms with Crippen molar-refractivity contribution in [1.29, 1.82) is 0 Å². The third kappa shape index (κ3) is 9.46. The second-order valence-corrected chi connectivity index (χ2v) is 9.73. The molecule has 9 heteroatoms. The molecule has 3 N–H and O–H groups in total. The maximum Gasteiger partial charge on any atom is 0.321 e. The zero-order valence-corrected chi connectivity index (χ0v) is 23.1. The van der Waals surface area contributed by atoms with Crippen molar-refractivity contribution in [3.8, 4) is 11.5 Å². The fourth-order valence-electron chi connectivity index (χ4n) is 4.10. The smallest absolute Gasteiger partial charge is 0.321 e. The first kappa shape index (κ1) is 32.1. The minimum absolute atomic E-state index is 0.00972. The molecule has 1 aromatic rings. The highest BCUT2D eigenvalue weighted by molar-refractivity contribution is 5.79. The lowest BCUT2D eigenvalue weighted by atomic mass is 9.79. The van der Waals surface area contributed by atoms with Gasteiger partial charge in [-0.15, -0.1) is 0 Å². The average Bonchev–Trinajstić information content (AvgIpc) is 2.85. The highest BCUT2D eigenvalue weighted by Gasteiger charge is 2.36. The van der Waals surface area contributed by atoms with Gasteiger partial charge in [0, 0.05) is 18.3 Å². The molecular formula is C28H43NO8. The largest absolute Gasteiger partial charge is 0.480 e. The van der Waals surface area contributed by atoms with Gasteiger partial charge in [0.1, 0.15) is 12.1 Å². The summed E-state index contributed by atoms with van der Waals surface area (Å²) in [4.78, 5) is 49.1. The normalized spacial score (nSPS) is 16.0. The van der Waals surface area contributed by atoms with Crippen molar-refractivity contribution in [3.63, 3.8) is 0 Å². The van der Waals surface area contributed by atoms with Crippen molar-refractivity contribution < 1.29 is 38.5 Å². The number of esters is 3. The first-order chi connectivity index (χ1) is 17.4. The van der Waals surface area contributed by atoms with E-state index in [1.165, 1.54) is 12.1 Å². The van der Waals surface area contributed by atoms with Crippen LogP contribution in [-0.4, -0.2) is 41.1 Å². The first-order valence-corrected chi connectivity index (χ1v) is 13.1. The number of hydrogen-bond acceptors (Lipinski definition) is 8. The lowest BCUT2D eigenvalue weighted by molar-refractivity contribution is -0.151. The Balaban J connectivity index is 3.51. The molecule has 0 saturated carbocycles. The van der Waals surface area contributed by atoms with Gasteiger partial charge in [0.05, 0.1) is 11.8 Å². The molecule has 0 bridgehead atoms. The highest BCUT2D eigenvalue weighted by Crippen LogP contribution is 2.38. The van der Waals surface area contributed by atoms with Gasteiger partial charge in [-0.3, -0.25) is 19.2 Å². The number of nitrogens with two attached hydrogens (primary N) is 1. The Morgan fingerprint density at radius 3 is 1.84 bits per heavy atom. The number of hydrogen-bond donors (Lipinski definition) is 2. The number of ether oxygens (including phenoxy) is 3. The second-order valence-electron chi connectivity index (χ2n) is 9.73. The number of aliphatic carboxylic acids is 1. The molecule has 0 aliphatic carbocycles. The summed E-state index contributed by atoms with van der Waals surface area (Å²) in [5.41, 5.74) is 6.55. The van der Waals surface area contributed by atoms with Crippen LogP contribution in [0.3, 0.4) is 0 Å². The molecule has 1 aromatic carbocycles. The maximum absolute atomic E-state index is 12.8. The zero-order chi connectivity index (χ0) is 28.3. The van der Waals surface area contributed by atoms with Crippen molar-refractivity contribution in [2.24, 2.45) is 23.5 Å². The summed E-state index contributed by atoms with van der Waals surface area (Å²) < 4.78 is 16.7. The van der Waals surface area contributed by atoms with Gasteiger partial charge in [-0.05, 0) is 37.5 Å². The van der Waals surface area contributed by atoms with E-state index in [-0.39, 0.29) is 29.8 Å². The van der Waals surface area contributed by atoms with Crippen LogP contribution in [0.15, 0.2) is 18.2 Å². The minimum atomic E-state index is -1.33. The molecule has 0 heterocycles. The van der Waals surface area contributed by atoms with Crippen molar-refractivity contribution in [3.05, 3.63) is 23.8 Å². The van der Waals surface area contributed by atoms with E-state index in [0.717, 1.165) is 12.8 Å². The molecule has 37 heavy (non-hydrogen) atoms. The molecule has 0 fully saturated rings. The average molecular weight is 522 g/mol. The molecule has 6 atom stereocenters. The summed E-state index contributed by atoms with van der Waals surface area (Å²) in [5.74, 6) is -4.56. The van der Waals surface area contributed by atoms with Crippen LogP contribution < -0.4 is 15.2 Å². The van der Waals surface area contributed by atoms with E-state index < -0.39 is 47.9 Å². The van der Waals surface area contributed by atoms with E-state index in [4.69, 9.17) is 19.9 Å². The molecule has 208 valence electrons. The quantitative estimate of drug-likeness (QED) is 0.245. The van der Waals surface area contributed by atoms with Gasteiger partial charge < -0.3 is 25.1 Å². The Morgan fingerprint density at radius 2 is 1.38 bits per heavy atom. The molecule has 5 unspecified atom stereocenters. The third-order valence-corrected chi connectivity index (χ3v) is 6.61. The summed E-state index contributed by atoms with van der Waals surface area (Å²) in [5, 5.41) is 9.72. The van der Waals surface area contributed by atoms with Gasteiger partial charge in [-0.25, -0.2) is 0 Å². The fraction of sp³-hybridized carbons (Fsp3) is 0.643. The summed E-state index contributed by atoms with van der Waals surface area (Å²) in [7, 11) is 0. The Bertz CT molecular complexity index is 931. The highest BCUT2D eigenvalue weighted by atomic mass is 16.6. The number of benzene rings is 1. The number of carbonyl (C=O) groups is 4. The molecule has 0 radical (unpaired) electrons. The van der Waals surface area contributed by atoms with E-state index in [1.807, 2.05) is 13.8 Å². The topological polar surface area (TPSA) is 142 Å². The van der Waals surface area contributed by atoms with Crippen molar-refractivity contribution in [2.45, 2.75) is 98.6 Å². The van der Waals surface area contributed by atoms with Gasteiger partial charge in [0.2, 0.25) is 0 Å². The summed E-state index contributed by atoms with van der Waals surface area (Å²) >= 11 is 0. The van der Waals surface area contributed by atoms with Crippen LogP contribution in [0.2, 0.25) is 0 Å². The zero-order valence-electron chi connectivity index (χ0n) is 23.1. The maximum atomic E-state index is 12.8. The lowest BCUT2D eigenvalue weighted by Gasteiger charge is -2.32. The van der Waals surface area contributed by atoms with Crippen LogP contribution >= 0.6 is 0 Å². The predicted molar refractivity (Wildman–Crippen MR) is 139 cm³/mol. The fourth-order valence-corrected chi connectivity index (χ4v) is 4.10. The molecule has 0 aliphatic heterocycles. The number of rotatable bonds is 15. The van der Waals surface area contributed by atoms with E-state index in [2.05, 4.69) is 0 Å². The molecule has 0 aliphatic rings. The van der Waals surface area contributed by atoms with Crippen molar-refractivity contribution in [1.82, 2.24) is 0 Å². The van der Waals surface area contributed by atoms with Crippen LogP contribution in [0, 0.1) is 17.8 Å². The van der Waals surface area contributed by atoms with Gasteiger partial charge >= 0.3 is 23.9 Å². The molecule has 0 spiro atoms. The van der Waals surface area contributed by atoms with Crippen LogP contribution in [0.4, 0.5) is 0 Å². The van der Waals surface area contributed by atoms with Crippen LogP contribution in [0.1, 0.15) is 92.1 Å². The Morgan fingerprint density at radius 1 is 0.865 bits per heavy atom. The molecule has 0 aromatic heterocycles. The molecule has 0 amide bonds. The number of carboxylic acid groups (broad SMARTS) is 1. The summed E-state index contributed by atoms with van der Waals surface area (Å²) in [6.07, 6.45) is 2.39. The third-order valence-electron chi connectivity index (χ3n) is 6.61. The van der Waals surface area contributed by atoms with Crippen LogP contribution in [0.25, 0.3) is 0 Å². The van der Waals surface area contributed by atoms with Gasteiger partial charge in [-0.2, -0.15) is 0 Å². The van der Waals surface area contributed by atoms with Crippen LogP contribution in [0.5, 0.6) is 11.5 Å². The summed E-state index contributed by atoms with van der Waals surface area (Å²) in [6.45, 7) is 12.5. The molecular weight excluding hydrogens is 478 g/mol. The molecule has 1 rings (SSSR count). The molecule has 0 saturated heterocycles. The lowest BCUT2D eigenvalue weighted by Crippen LogP contribution is -2.42. The number of carboxylic acids is 1. The molecule has 9 nitrogen and oxygen atoms in total. The second kappa shape index (κ2) is 15.3. The predicted octanol–water partition coefficient (Wildman–Crippen LogP) is 4.84. The van der Waals surface area contributed by atoms with E-state index in [9.17, 15) is 24.3 Å². The van der Waals surface area contributed by atoms with E-state index >= 15 is 0 Å².